The summed E-state index contributed by atoms with van der Waals surface area (Å²) in [5, 5.41) is 1.17. The summed E-state index contributed by atoms with van der Waals surface area (Å²) in [6.45, 7) is 8.42. The number of aromatic nitrogens is 1. The maximum Gasteiger partial charge on any atom is 0.313 e. The molecule has 2 aromatic carbocycles. The Kier molecular flexibility index (Phi) is 6.79. The van der Waals surface area contributed by atoms with Crippen LogP contribution in [0.2, 0.25) is 0 Å². The fourth-order valence-electron chi connectivity index (χ4n) is 4.14. The van der Waals surface area contributed by atoms with Crippen molar-refractivity contribution in [3.8, 4) is 11.3 Å². The minimum atomic E-state index is -0.209. The normalized spacial score (nSPS) is 14.2. The van der Waals surface area contributed by atoms with Crippen LogP contribution in [-0.4, -0.2) is 17.1 Å². The van der Waals surface area contributed by atoms with E-state index in [4.69, 9.17) is 4.74 Å². The largest absolute Gasteiger partial charge is 0.466 e. The third-order valence-electron chi connectivity index (χ3n) is 5.63. The fraction of sp³-hybridized carbons (Fsp3) is 0.423. The zero-order chi connectivity index (χ0) is 21.0. The number of hydrogen-bond donors (Lipinski definition) is 0. The van der Waals surface area contributed by atoms with E-state index in [2.05, 4.69) is 61.0 Å². The Labute approximate surface area is 174 Å². The van der Waals surface area contributed by atoms with Crippen molar-refractivity contribution in [2.45, 2.75) is 52.9 Å². The standard InChI is InChI=1S/C24H27NO2.C2H6/c1-4-27-24(26)20(15-17-11-12-17)22-19-13-10-16(2)14-21(19)25(3)23(22)18-8-6-5-7-9-18;1-2/h5-10,13-14,17,20H,4,11-12,15H2,1-3H3;1-2H3. The quantitative estimate of drug-likeness (QED) is 0.442. The highest BCUT2D eigenvalue weighted by Crippen LogP contribution is 2.45. The average Bonchev–Trinajstić information content (AvgIpc) is 3.52. The van der Waals surface area contributed by atoms with Crippen molar-refractivity contribution in [1.29, 1.82) is 0 Å². The number of fused-ring (bicyclic) bond motifs is 1. The van der Waals surface area contributed by atoms with Gasteiger partial charge in [-0.05, 0) is 48.9 Å². The van der Waals surface area contributed by atoms with E-state index in [0.717, 1.165) is 23.2 Å². The highest BCUT2D eigenvalue weighted by atomic mass is 16.5. The van der Waals surface area contributed by atoms with Gasteiger partial charge in [0.15, 0.2) is 0 Å². The van der Waals surface area contributed by atoms with Crippen LogP contribution in [0.15, 0.2) is 48.5 Å². The molecule has 0 amide bonds. The predicted molar refractivity (Wildman–Crippen MR) is 121 cm³/mol. The van der Waals surface area contributed by atoms with Gasteiger partial charge in [0, 0.05) is 18.0 Å². The molecule has 0 saturated heterocycles. The zero-order valence-electron chi connectivity index (χ0n) is 18.4. The topological polar surface area (TPSA) is 31.2 Å². The van der Waals surface area contributed by atoms with E-state index in [1.807, 2.05) is 26.8 Å². The molecule has 0 radical (unpaired) electrons. The molecule has 4 rings (SSSR count). The lowest BCUT2D eigenvalue weighted by molar-refractivity contribution is -0.145. The number of esters is 1. The van der Waals surface area contributed by atoms with Gasteiger partial charge in [-0.25, -0.2) is 0 Å². The Hall–Kier alpha value is -2.55. The third kappa shape index (κ3) is 4.39. The number of aryl methyl sites for hydroxylation is 2. The number of nitrogens with zero attached hydrogens (tertiary/aromatic N) is 1. The first-order valence-electron chi connectivity index (χ1n) is 10.9. The molecule has 1 aromatic heterocycles. The van der Waals surface area contributed by atoms with Crippen LogP contribution in [0.1, 0.15) is 57.1 Å². The van der Waals surface area contributed by atoms with Crippen molar-refractivity contribution in [3.63, 3.8) is 0 Å². The molecule has 3 heteroatoms. The van der Waals surface area contributed by atoms with Crippen molar-refractivity contribution >= 4 is 16.9 Å². The van der Waals surface area contributed by atoms with E-state index in [0.29, 0.717) is 12.5 Å². The number of ether oxygens (including phenoxy) is 1. The van der Waals surface area contributed by atoms with Crippen molar-refractivity contribution < 1.29 is 9.53 Å². The molecule has 1 fully saturated rings. The predicted octanol–water partition coefficient (Wildman–Crippen LogP) is 6.63. The number of benzene rings is 2. The van der Waals surface area contributed by atoms with E-state index >= 15 is 0 Å². The summed E-state index contributed by atoms with van der Waals surface area (Å²) < 4.78 is 7.75. The SMILES string of the molecule is CC.CCOC(=O)C(CC1CC1)c1c(-c2ccccc2)n(C)c2cc(C)ccc12. The lowest BCUT2D eigenvalue weighted by atomic mass is 9.89. The Balaban J connectivity index is 0.00000117. The number of rotatable bonds is 6. The van der Waals surface area contributed by atoms with Crippen LogP contribution in [-0.2, 0) is 16.6 Å². The molecule has 1 heterocycles. The smallest absolute Gasteiger partial charge is 0.313 e. The molecule has 0 N–H and O–H groups in total. The summed E-state index contributed by atoms with van der Waals surface area (Å²) in [5.41, 5.74) is 5.81. The van der Waals surface area contributed by atoms with Gasteiger partial charge >= 0.3 is 5.97 Å². The Morgan fingerprint density at radius 1 is 1.14 bits per heavy atom. The Morgan fingerprint density at radius 2 is 1.83 bits per heavy atom. The molecular formula is C26H33NO2. The molecule has 0 spiro atoms. The summed E-state index contributed by atoms with van der Waals surface area (Å²) >= 11 is 0. The van der Waals surface area contributed by atoms with Crippen LogP contribution in [0.5, 0.6) is 0 Å². The molecule has 1 saturated carbocycles. The van der Waals surface area contributed by atoms with E-state index in [1.165, 1.54) is 29.3 Å². The molecule has 3 nitrogen and oxygen atoms in total. The first-order chi connectivity index (χ1) is 14.1. The lowest BCUT2D eigenvalue weighted by Gasteiger charge is -2.18. The molecule has 1 atom stereocenters. The van der Waals surface area contributed by atoms with Crippen molar-refractivity contribution in [3.05, 3.63) is 59.7 Å². The average molecular weight is 392 g/mol. The monoisotopic (exact) mass is 391 g/mol. The van der Waals surface area contributed by atoms with Crippen LogP contribution in [0.3, 0.4) is 0 Å². The number of hydrogen-bond acceptors (Lipinski definition) is 2. The van der Waals surface area contributed by atoms with Gasteiger partial charge in [-0.3, -0.25) is 4.79 Å². The van der Waals surface area contributed by atoms with E-state index in [-0.39, 0.29) is 11.9 Å². The first-order valence-corrected chi connectivity index (χ1v) is 10.9. The van der Waals surface area contributed by atoms with Gasteiger partial charge in [0.25, 0.3) is 0 Å². The van der Waals surface area contributed by atoms with Crippen LogP contribution >= 0.6 is 0 Å². The fourth-order valence-corrected chi connectivity index (χ4v) is 4.14. The highest BCUT2D eigenvalue weighted by molar-refractivity contribution is 5.97. The van der Waals surface area contributed by atoms with Gasteiger partial charge < -0.3 is 9.30 Å². The van der Waals surface area contributed by atoms with Gasteiger partial charge in [0.1, 0.15) is 0 Å². The minimum absolute atomic E-state index is 0.0883. The minimum Gasteiger partial charge on any atom is -0.466 e. The molecule has 1 aliphatic carbocycles. The summed E-state index contributed by atoms with van der Waals surface area (Å²) in [5.74, 6) is 0.345. The van der Waals surface area contributed by atoms with Gasteiger partial charge in [-0.15, -0.1) is 0 Å². The highest BCUT2D eigenvalue weighted by Gasteiger charge is 2.35. The summed E-state index contributed by atoms with van der Waals surface area (Å²) in [7, 11) is 2.10. The Bertz CT molecular complexity index is 967. The summed E-state index contributed by atoms with van der Waals surface area (Å²) in [6.07, 6.45) is 3.33. The molecule has 3 aromatic rings. The molecule has 0 aliphatic heterocycles. The van der Waals surface area contributed by atoms with E-state index in [9.17, 15) is 4.79 Å². The van der Waals surface area contributed by atoms with Crippen molar-refractivity contribution in [2.75, 3.05) is 6.61 Å². The number of carbonyl (C=O) groups is 1. The summed E-state index contributed by atoms with van der Waals surface area (Å²) in [4.78, 5) is 13.0. The second kappa shape index (κ2) is 9.30. The second-order valence-electron chi connectivity index (χ2n) is 7.69. The van der Waals surface area contributed by atoms with Crippen molar-refractivity contribution in [2.24, 2.45) is 13.0 Å². The molecule has 1 aliphatic rings. The third-order valence-corrected chi connectivity index (χ3v) is 5.63. The van der Waals surface area contributed by atoms with Gasteiger partial charge in [0.2, 0.25) is 0 Å². The van der Waals surface area contributed by atoms with E-state index in [1.54, 1.807) is 0 Å². The van der Waals surface area contributed by atoms with E-state index < -0.39 is 0 Å². The molecule has 0 bridgehead atoms. The molecule has 29 heavy (non-hydrogen) atoms. The molecular weight excluding hydrogens is 358 g/mol. The number of carbonyl (C=O) groups excluding carboxylic acids is 1. The Morgan fingerprint density at radius 3 is 2.45 bits per heavy atom. The summed E-state index contributed by atoms with van der Waals surface area (Å²) in [6, 6.07) is 16.9. The van der Waals surface area contributed by atoms with Crippen molar-refractivity contribution in [1.82, 2.24) is 4.57 Å². The van der Waals surface area contributed by atoms with Crippen LogP contribution in [0.25, 0.3) is 22.2 Å². The first kappa shape index (κ1) is 21.2. The van der Waals surface area contributed by atoms with Gasteiger partial charge in [-0.1, -0.05) is 69.2 Å². The molecule has 1 unspecified atom stereocenters. The maximum absolute atomic E-state index is 13.0. The maximum atomic E-state index is 13.0. The second-order valence-corrected chi connectivity index (χ2v) is 7.69. The van der Waals surface area contributed by atoms with Gasteiger partial charge in [-0.2, -0.15) is 0 Å². The molecule has 154 valence electrons. The lowest BCUT2D eigenvalue weighted by Crippen LogP contribution is -2.17. The van der Waals surface area contributed by atoms with Crippen LogP contribution in [0.4, 0.5) is 0 Å². The van der Waals surface area contributed by atoms with Gasteiger partial charge in [0.05, 0.1) is 18.2 Å². The zero-order valence-corrected chi connectivity index (χ0v) is 18.4. The van der Waals surface area contributed by atoms with Crippen LogP contribution < -0.4 is 0 Å². The van der Waals surface area contributed by atoms with Crippen LogP contribution in [0, 0.1) is 12.8 Å².